The second-order valence-electron chi connectivity index (χ2n) is 3.11. The number of nitrogens with one attached hydrogen (secondary N) is 1. The van der Waals surface area contributed by atoms with Crippen molar-refractivity contribution in [1.82, 2.24) is 10.2 Å². The molecule has 0 spiro atoms. The first-order valence-corrected chi connectivity index (χ1v) is 6.76. The zero-order valence-corrected chi connectivity index (χ0v) is 12.1. The van der Waals surface area contributed by atoms with Gasteiger partial charge in [0, 0.05) is 11.5 Å². The van der Waals surface area contributed by atoms with Crippen LogP contribution in [0.1, 0.15) is 5.01 Å². The van der Waals surface area contributed by atoms with Gasteiger partial charge in [0.15, 0.2) is 5.01 Å². The number of halogens is 2. The molecule has 0 unspecified atom stereocenters. The monoisotopic (exact) mass is 333 g/mol. The summed E-state index contributed by atoms with van der Waals surface area (Å²) in [4.78, 5) is 0. The predicted molar refractivity (Wildman–Crippen MR) is 72.9 cm³/mol. The first kappa shape index (κ1) is 12.6. The van der Waals surface area contributed by atoms with E-state index in [0.29, 0.717) is 17.4 Å². The standard InChI is InChI=1S/C10H9BrClN3OS/c1-13-10-15-14-9(17-10)5-16-8-3-2-6(11)4-7(8)12/h2-4H,5H2,1H3,(H,13,15). The molecular formula is C10H9BrClN3OS. The van der Waals surface area contributed by atoms with Gasteiger partial charge >= 0.3 is 0 Å². The van der Waals surface area contributed by atoms with E-state index in [2.05, 4.69) is 31.4 Å². The maximum Gasteiger partial charge on any atom is 0.205 e. The number of hydrogen-bond donors (Lipinski definition) is 1. The third-order valence-corrected chi connectivity index (χ3v) is 3.63. The summed E-state index contributed by atoms with van der Waals surface area (Å²) in [5, 5.41) is 13.0. The second-order valence-corrected chi connectivity index (χ2v) is 5.50. The van der Waals surface area contributed by atoms with Crippen molar-refractivity contribution in [1.29, 1.82) is 0 Å². The van der Waals surface area contributed by atoms with Crippen molar-refractivity contribution >= 4 is 44.0 Å². The third-order valence-electron chi connectivity index (χ3n) is 1.93. The molecule has 0 aliphatic rings. The maximum atomic E-state index is 6.03. The van der Waals surface area contributed by atoms with Gasteiger partial charge in [0.05, 0.1) is 5.02 Å². The summed E-state index contributed by atoms with van der Waals surface area (Å²) in [6.45, 7) is 0.362. The summed E-state index contributed by atoms with van der Waals surface area (Å²) in [7, 11) is 1.80. The Morgan fingerprint density at radius 2 is 2.29 bits per heavy atom. The maximum absolute atomic E-state index is 6.03. The van der Waals surface area contributed by atoms with Gasteiger partial charge in [0.25, 0.3) is 0 Å². The predicted octanol–water partition coefficient (Wildman–Crippen LogP) is 3.57. The minimum Gasteiger partial charge on any atom is -0.485 e. The molecule has 0 saturated heterocycles. The van der Waals surface area contributed by atoms with Gasteiger partial charge in [-0.3, -0.25) is 0 Å². The van der Waals surface area contributed by atoms with Crippen LogP contribution in [0.5, 0.6) is 5.75 Å². The molecule has 0 radical (unpaired) electrons. The molecule has 0 fully saturated rings. The van der Waals surface area contributed by atoms with Crippen molar-refractivity contribution in [2.75, 3.05) is 12.4 Å². The molecule has 0 aliphatic heterocycles. The highest BCUT2D eigenvalue weighted by Gasteiger charge is 2.06. The van der Waals surface area contributed by atoms with Crippen molar-refractivity contribution in [2.45, 2.75) is 6.61 Å². The van der Waals surface area contributed by atoms with Crippen LogP contribution in [0.4, 0.5) is 5.13 Å². The Balaban J connectivity index is 2.02. The van der Waals surface area contributed by atoms with Gasteiger partial charge < -0.3 is 10.1 Å². The lowest BCUT2D eigenvalue weighted by Crippen LogP contribution is -1.95. The lowest BCUT2D eigenvalue weighted by Gasteiger charge is -2.05. The van der Waals surface area contributed by atoms with Gasteiger partial charge in [-0.2, -0.15) is 0 Å². The average molecular weight is 335 g/mol. The summed E-state index contributed by atoms with van der Waals surface area (Å²) in [5.41, 5.74) is 0. The van der Waals surface area contributed by atoms with Crippen LogP contribution in [-0.4, -0.2) is 17.2 Å². The molecule has 1 aromatic carbocycles. The fourth-order valence-corrected chi connectivity index (χ4v) is 2.48. The largest absolute Gasteiger partial charge is 0.485 e. The average Bonchev–Trinajstić information content (AvgIpc) is 2.76. The van der Waals surface area contributed by atoms with Crippen LogP contribution < -0.4 is 10.1 Å². The Bertz CT molecular complexity index is 520. The number of aromatic nitrogens is 2. The molecule has 1 N–H and O–H groups in total. The molecule has 1 aromatic heterocycles. The van der Waals surface area contributed by atoms with Crippen LogP contribution in [-0.2, 0) is 6.61 Å². The van der Waals surface area contributed by atoms with Crippen LogP contribution in [0.25, 0.3) is 0 Å². The van der Waals surface area contributed by atoms with E-state index in [1.54, 1.807) is 13.1 Å². The summed E-state index contributed by atoms with van der Waals surface area (Å²) in [5.74, 6) is 0.635. The van der Waals surface area contributed by atoms with E-state index in [9.17, 15) is 0 Å². The fourth-order valence-electron chi connectivity index (χ4n) is 1.14. The van der Waals surface area contributed by atoms with Crippen molar-refractivity contribution in [3.8, 4) is 5.75 Å². The molecule has 2 aromatic rings. The molecule has 0 amide bonds. The molecular weight excluding hydrogens is 326 g/mol. The second kappa shape index (κ2) is 5.66. The quantitative estimate of drug-likeness (QED) is 0.928. The van der Waals surface area contributed by atoms with Gasteiger partial charge in [-0.05, 0) is 18.2 Å². The highest BCUT2D eigenvalue weighted by molar-refractivity contribution is 9.10. The van der Waals surface area contributed by atoms with E-state index in [0.717, 1.165) is 14.6 Å². The Morgan fingerprint density at radius 3 is 2.94 bits per heavy atom. The van der Waals surface area contributed by atoms with Gasteiger partial charge in [-0.15, -0.1) is 10.2 Å². The Kier molecular flexibility index (Phi) is 4.20. The molecule has 1 heterocycles. The van der Waals surface area contributed by atoms with Crippen LogP contribution >= 0.6 is 38.9 Å². The molecule has 4 nitrogen and oxygen atoms in total. The molecule has 7 heteroatoms. The van der Waals surface area contributed by atoms with E-state index in [-0.39, 0.29) is 0 Å². The number of rotatable bonds is 4. The Labute approximate surface area is 116 Å². The van der Waals surface area contributed by atoms with Gasteiger partial charge in [-0.25, -0.2) is 0 Å². The van der Waals surface area contributed by atoms with E-state index < -0.39 is 0 Å². The molecule has 0 saturated carbocycles. The summed E-state index contributed by atoms with van der Waals surface area (Å²) < 4.78 is 6.48. The molecule has 0 bridgehead atoms. The van der Waals surface area contributed by atoms with Crippen LogP contribution in [0.3, 0.4) is 0 Å². The highest BCUT2D eigenvalue weighted by atomic mass is 79.9. The van der Waals surface area contributed by atoms with Gasteiger partial charge in [0.1, 0.15) is 12.4 Å². The van der Waals surface area contributed by atoms with Crippen molar-refractivity contribution < 1.29 is 4.74 Å². The molecule has 2 rings (SSSR count). The molecule has 90 valence electrons. The number of hydrogen-bond acceptors (Lipinski definition) is 5. The number of nitrogens with zero attached hydrogens (tertiary/aromatic N) is 2. The molecule has 17 heavy (non-hydrogen) atoms. The summed E-state index contributed by atoms with van der Waals surface area (Å²) >= 11 is 10.8. The van der Waals surface area contributed by atoms with Gasteiger partial charge in [0.2, 0.25) is 5.13 Å². The Morgan fingerprint density at radius 1 is 1.47 bits per heavy atom. The van der Waals surface area contributed by atoms with Crippen LogP contribution in [0.15, 0.2) is 22.7 Å². The van der Waals surface area contributed by atoms with Gasteiger partial charge in [-0.1, -0.05) is 38.9 Å². The Hall–Kier alpha value is -0.850. The zero-order valence-electron chi connectivity index (χ0n) is 8.91. The van der Waals surface area contributed by atoms with Crippen molar-refractivity contribution in [3.05, 3.63) is 32.7 Å². The molecule has 0 aliphatic carbocycles. The highest BCUT2D eigenvalue weighted by Crippen LogP contribution is 2.28. The first-order chi connectivity index (χ1) is 8.19. The summed E-state index contributed by atoms with van der Waals surface area (Å²) in [6.07, 6.45) is 0. The lowest BCUT2D eigenvalue weighted by molar-refractivity contribution is 0.304. The number of anilines is 1. The molecule has 0 atom stereocenters. The SMILES string of the molecule is CNc1nnc(COc2ccc(Br)cc2Cl)s1. The minimum atomic E-state index is 0.362. The van der Waals surface area contributed by atoms with E-state index in [4.69, 9.17) is 16.3 Å². The summed E-state index contributed by atoms with van der Waals surface area (Å²) in [6, 6.07) is 5.47. The number of ether oxygens (including phenoxy) is 1. The topological polar surface area (TPSA) is 47.0 Å². The third kappa shape index (κ3) is 3.31. The smallest absolute Gasteiger partial charge is 0.205 e. The number of benzene rings is 1. The van der Waals surface area contributed by atoms with E-state index in [1.165, 1.54) is 11.3 Å². The van der Waals surface area contributed by atoms with E-state index >= 15 is 0 Å². The normalized spacial score (nSPS) is 10.3. The fraction of sp³-hybridized carbons (Fsp3) is 0.200. The van der Waals surface area contributed by atoms with Crippen LogP contribution in [0.2, 0.25) is 5.02 Å². The first-order valence-electron chi connectivity index (χ1n) is 4.77. The lowest BCUT2D eigenvalue weighted by atomic mass is 10.3. The zero-order chi connectivity index (χ0) is 12.3. The minimum absolute atomic E-state index is 0.362. The van der Waals surface area contributed by atoms with Crippen LogP contribution in [0, 0.1) is 0 Å². The van der Waals surface area contributed by atoms with Crippen molar-refractivity contribution in [2.24, 2.45) is 0 Å². The van der Waals surface area contributed by atoms with Crippen molar-refractivity contribution in [3.63, 3.8) is 0 Å². The van der Waals surface area contributed by atoms with E-state index in [1.807, 2.05) is 12.1 Å².